The molecule has 6 aliphatic rings. The van der Waals surface area contributed by atoms with Gasteiger partial charge in [-0.1, -0.05) is 387 Å². The smallest absolute Gasteiger partial charge is 0.263 e. The van der Waals surface area contributed by atoms with E-state index < -0.39 is 0 Å². The maximum absolute atomic E-state index is 16.2. The molecule has 1 amide bonds. The van der Waals surface area contributed by atoms with Crippen molar-refractivity contribution in [2.75, 3.05) is 0 Å². The summed E-state index contributed by atoms with van der Waals surface area (Å²) in [6.07, 6.45) is 72.4. The largest absolute Gasteiger partial charge is 0.294 e. The molecule has 1 unspecified atom stereocenters. The first-order valence-electron chi connectivity index (χ1n) is 42.7. The zero-order chi connectivity index (χ0) is 70.5. The fraction of sp³-hybridized carbons (Fsp3) is 0.629. The summed E-state index contributed by atoms with van der Waals surface area (Å²) in [7, 11) is 0. The number of carbonyl (C=O) groups is 2. The number of ketones is 1. The monoisotopic (exact) mass is 1350 g/mol. The predicted octanol–water partition coefficient (Wildman–Crippen LogP) is 29.8. The van der Waals surface area contributed by atoms with Gasteiger partial charge in [-0.3, -0.25) is 14.5 Å². The molecule has 10 rings (SSSR count). The first-order valence-corrected chi connectivity index (χ1v) is 42.7. The number of rotatable bonds is 45. The maximum atomic E-state index is 16.2. The highest BCUT2D eigenvalue weighted by molar-refractivity contribution is 6.28. The van der Waals surface area contributed by atoms with Gasteiger partial charge < -0.3 is 0 Å². The molecule has 4 aromatic carbocycles. The molecule has 544 valence electrons. The third-order valence-corrected chi connectivity index (χ3v) is 24.8. The van der Waals surface area contributed by atoms with E-state index in [4.69, 9.17) is 0 Å². The highest BCUT2D eigenvalue weighted by Gasteiger charge is 2.50. The number of unbranched alkanes of at least 4 members (excludes halogenated alkanes) is 36. The topological polar surface area (TPSA) is 37.4 Å². The van der Waals surface area contributed by atoms with Gasteiger partial charge in [-0.15, -0.1) is 0 Å². The Hall–Kier alpha value is -5.28. The Balaban J connectivity index is 1.06. The molecule has 0 fully saturated rings. The molecule has 0 aromatic heterocycles. The lowest BCUT2D eigenvalue weighted by Crippen LogP contribution is -2.27. The van der Waals surface area contributed by atoms with Crippen LogP contribution in [0.5, 0.6) is 0 Å². The van der Waals surface area contributed by atoms with Gasteiger partial charge in [-0.25, -0.2) is 0 Å². The van der Waals surface area contributed by atoms with Crippen LogP contribution in [-0.2, 0) is 25.8 Å². The van der Waals surface area contributed by atoms with Crippen molar-refractivity contribution in [2.24, 2.45) is 11.3 Å². The fourth-order valence-electron chi connectivity index (χ4n) is 18.9. The van der Waals surface area contributed by atoms with Crippen LogP contribution in [0.4, 0.5) is 0 Å². The molecule has 2 aliphatic heterocycles. The van der Waals surface area contributed by atoms with Crippen molar-refractivity contribution in [3.63, 3.8) is 0 Å². The first-order chi connectivity index (χ1) is 48.6. The summed E-state index contributed by atoms with van der Waals surface area (Å²) in [4.78, 5) is 33.8. The lowest BCUT2D eigenvalue weighted by Gasteiger charge is -2.35. The van der Waals surface area contributed by atoms with Crippen LogP contribution >= 0.6 is 0 Å². The van der Waals surface area contributed by atoms with Crippen molar-refractivity contribution in [1.82, 2.24) is 4.90 Å². The Kier molecular flexibility index (Phi) is 28.9. The number of allylic oxidation sites excluding steroid dienone is 3. The molecule has 4 aliphatic carbocycles. The Bertz CT molecular complexity index is 3450. The minimum absolute atomic E-state index is 0.00939. The van der Waals surface area contributed by atoms with Crippen molar-refractivity contribution >= 4 is 41.2 Å². The van der Waals surface area contributed by atoms with Gasteiger partial charge in [0, 0.05) is 34.9 Å². The molecule has 0 saturated heterocycles. The van der Waals surface area contributed by atoms with Crippen molar-refractivity contribution in [3.05, 3.63) is 146 Å². The van der Waals surface area contributed by atoms with E-state index in [0.717, 1.165) is 48.1 Å². The summed E-state index contributed by atoms with van der Waals surface area (Å²) in [6.45, 7) is 23.4. The molecule has 0 N–H and O–H groups in total. The zero-order valence-corrected chi connectivity index (χ0v) is 65.6. The number of Topliss-reactive ketones (excluding diaryl/α,β-unsaturated/α-hetero) is 1. The molecule has 3 heteroatoms. The zero-order valence-electron chi connectivity index (χ0n) is 65.6. The average molecular weight is 1350 g/mol. The minimum Gasteiger partial charge on any atom is -0.294 e. The van der Waals surface area contributed by atoms with E-state index in [-0.39, 0.29) is 39.3 Å². The van der Waals surface area contributed by atoms with Crippen LogP contribution in [0.1, 0.15) is 420 Å². The normalized spacial score (nSPS) is 16.9. The van der Waals surface area contributed by atoms with E-state index in [9.17, 15) is 0 Å². The summed E-state index contributed by atoms with van der Waals surface area (Å²) >= 11 is 0. The molecule has 1 atom stereocenters. The van der Waals surface area contributed by atoms with E-state index in [0.29, 0.717) is 24.0 Å². The SMILES string of the molecule is CCCCCCCCCCCCC1(CCCCCCCCCCCC)c2cc(C=CC(C)(C)C)ccc2-c2cc3c(cc21)C1=C2C(=O)N4C=Cc5cc6c(cc5C4=C2C(=O)CCC1C=C3)C(CCCCCCCCCCCC)(CCCCCCCCCCCC)c1cc(C(C)(C)C)ccc1-6. The number of nitrogens with zero attached hydrogens (tertiary/aromatic N) is 1. The molecule has 0 bridgehead atoms. The highest BCUT2D eigenvalue weighted by atomic mass is 16.2. The molecule has 0 radical (unpaired) electrons. The molecular formula is C97H139NO2. The lowest BCUT2D eigenvalue weighted by atomic mass is 9.69. The van der Waals surface area contributed by atoms with E-state index in [1.54, 1.807) is 0 Å². The van der Waals surface area contributed by atoms with Gasteiger partial charge in [-0.2, -0.15) is 0 Å². The molecule has 0 saturated carbocycles. The minimum atomic E-state index is -0.163. The number of fused-ring (bicyclic) bond motifs is 13. The van der Waals surface area contributed by atoms with Gasteiger partial charge in [0.2, 0.25) is 0 Å². The summed E-state index contributed by atoms with van der Waals surface area (Å²) in [6, 6.07) is 25.2. The highest BCUT2D eigenvalue weighted by Crippen LogP contribution is 2.60. The van der Waals surface area contributed by atoms with E-state index in [1.165, 1.54) is 324 Å². The van der Waals surface area contributed by atoms with Gasteiger partial charge >= 0.3 is 0 Å². The second kappa shape index (κ2) is 37.4. The quantitative estimate of drug-likeness (QED) is 0.0414. The number of benzene rings is 4. The van der Waals surface area contributed by atoms with Crippen LogP contribution in [0, 0.1) is 11.3 Å². The fourth-order valence-corrected chi connectivity index (χ4v) is 18.9. The third-order valence-electron chi connectivity index (χ3n) is 24.8. The summed E-state index contributed by atoms with van der Waals surface area (Å²) in [5.41, 5.74) is 21.8. The molecule has 0 spiro atoms. The Labute approximate surface area is 612 Å². The van der Waals surface area contributed by atoms with E-state index in [1.807, 2.05) is 11.1 Å². The molecule has 100 heavy (non-hydrogen) atoms. The Morgan fingerprint density at radius 3 is 1.23 bits per heavy atom. The molecule has 4 aromatic rings. The second-order valence-electron chi connectivity index (χ2n) is 34.8. The van der Waals surface area contributed by atoms with Crippen LogP contribution in [0.3, 0.4) is 0 Å². The van der Waals surface area contributed by atoms with Crippen molar-refractivity contribution in [1.29, 1.82) is 0 Å². The number of carbonyl (C=O) groups excluding carboxylic acids is 2. The predicted molar refractivity (Wildman–Crippen MR) is 435 cm³/mol. The lowest BCUT2D eigenvalue weighted by molar-refractivity contribution is -0.121. The van der Waals surface area contributed by atoms with E-state index in [2.05, 4.69) is 160 Å². The average Bonchev–Trinajstić information content (AvgIpc) is 1.54. The molecular weight excluding hydrogens is 1210 g/mol. The van der Waals surface area contributed by atoms with E-state index >= 15 is 9.59 Å². The Morgan fingerprint density at radius 1 is 0.410 bits per heavy atom. The second-order valence-corrected chi connectivity index (χ2v) is 34.8. The molecule has 3 nitrogen and oxygen atoms in total. The third kappa shape index (κ3) is 18.8. The number of hydrogen-bond donors (Lipinski definition) is 0. The Morgan fingerprint density at radius 2 is 0.800 bits per heavy atom. The van der Waals surface area contributed by atoms with Gasteiger partial charge in [-0.05, 0) is 151 Å². The summed E-state index contributed by atoms with van der Waals surface area (Å²) in [5.74, 6) is 0.0687. The van der Waals surface area contributed by atoms with Gasteiger partial charge in [0.05, 0.1) is 16.8 Å². The van der Waals surface area contributed by atoms with Crippen LogP contribution in [0.15, 0.2) is 90.2 Å². The van der Waals surface area contributed by atoms with Gasteiger partial charge in [0.25, 0.3) is 5.91 Å². The van der Waals surface area contributed by atoms with Crippen LogP contribution < -0.4 is 0 Å². The summed E-state index contributed by atoms with van der Waals surface area (Å²) < 4.78 is 0. The molecule has 2 heterocycles. The number of amides is 1. The van der Waals surface area contributed by atoms with Gasteiger partial charge in [0.1, 0.15) is 0 Å². The van der Waals surface area contributed by atoms with Gasteiger partial charge in [0.15, 0.2) is 5.78 Å². The van der Waals surface area contributed by atoms with Crippen molar-refractivity contribution in [3.8, 4) is 22.3 Å². The van der Waals surface area contributed by atoms with Crippen molar-refractivity contribution in [2.45, 2.75) is 381 Å². The standard InChI is InChI=1S/C97H139NO2/c1-11-15-19-23-27-31-35-39-43-47-61-96(62-48-44-40-36-32-28-24-20-16-12-2)84-67-73(59-65-94(5,6)7)51-56-78(84)82-68-75-53-52-74-54-58-88(99)90-91(89(74)80(75)71-86(82)96)93(100)98-66-60-76-69-83-79-57-55-77(95(8,9)10)70-85(79)97(87(83)72-81(76)92(90)98,63-49-45-41-37-33-29-25-21-17-13-3)64-50-46-42-38-34-30-26-22-18-14-4/h51-53,55-57,59-60,65-72,74H,11-50,54,58,61-64H2,1-10H3. The summed E-state index contributed by atoms with van der Waals surface area (Å²) in [5, 5.41) is 0. The van der Waals surface area contributed by atoms with Crippen molar-refractivity contribution < 1.29 is 9.59 Å². The van der Waals surface area contributed by atoms with Crippen LogP contribution in [0.25, 0.3) is 51.8 Å². The first kappa shape index (κ1) is 77.3. The number of hydrogen-bond acceptors (Lipinski definition) is 2. The van der Waals surface area contributed by atoms with Crippen LogP contribution in [-0.4, -0.2) is 16.6 Å². The maximum Gasteiger partial charge on any atom is 0.263 e. The van der Waals surface area contributed by atoms with Crippen LogP contribution in [0.2, 0.25) is 0 Å².